The Morgan fingerprint density at radius 3 is 2.68 bits per heavy atom. The number of benzene rings is 1. The number of morpholine rings is 1. The molecule has 0 bridgehead atoms. The maximum atomic E-state index is 7.62. The summed E-state index contributed by atoms with van der Waals surface area (Å²) in [4.78, 5) is 11.5. The number of ether oxygens (including phenoxy) is 1. The van der Waals surface area contributed by atoms with E-state index in [9.17, 15) is 0 Å². The molecule has 1 aromatic heterocycles. The van der Waals surface area contributed by atoms with Crippen molar-refractivity contribution in [2.24, 2.45) is 0 Å². The van der Waals surface area contributed by atoms with E-state index in [1.807, 2.05) is 25.1 Å². The molecule has 1 aliphatic heterocycles. The molecule has 1 saturated carbocycles. The number of rotatable bonds is 5. The van der Waals surface area contributed by atoms with Crippen molar-refractivity contribution in [2.45, 2.75) is 44.7 Å². The normalized spacial score (nSPS) is 24.2. The summed E-state index contributed by atoms with van der Waals surface area (Å²) in [6.07, 6.45) is 9.76. The lowest BCUT2D eigenvalue weighted by molar-refractivity contribution is 0.00791. The predicted octanol–water partition coefficient (Wildman–Crippen LogP) is 3.74. The molecule has 0 amide bonds. The van der Waals surface area contributed by atoms with Crippen LogP contribution in [0.3, 0.4) is 0 Å². The Morgan fingerprint density at radius 2 is 1.96 bits per heavy atom. The summed E-state index contributed by atoms with van der Waals surface area (Å²) in [6, 6.07) is 7.27. The largest absolute Gasteiger partial charge is 0.379 e. The molecule has 28 heavy (non-hydrogen) atoms. The Morgan fingerprint density at radius 1 is 1.18 bits per heavy atom. The molecule has 2 N–H and O–H groups in total. The molecule has 148 valence electrons. The van der Waals surface area contributed by atoms with Gasteiger partial charge in [0.05, 0.1) is 18.7 Å². The average molecular weight is 380 g/mol. The first kappa shape index (κ1) is 19.0. The molecule has 0 unspecified atom stereocenters. The van der Waals surface area contributed by atoms with Crippen LogP contribution in [-0.4, -0.2) is 59.5 Å². The van der Waals surface area contributed by atoms with Crippen molar-refractivity contribution in [1.29, 1.82) is 5.41 Å². The zero-order valence-electron chi connectivity index (χ0n) is 16.5. The molecule has 2 aromatic rings. The molecule has 2 heterocycles. The highest BCUT2D eigenvalue weighted by atomic mass is 16.5. The van der Waals surface area contributed by atoms with Gasteiger partial charge in [0.25, 0.3) is 0 Å². The van der Waals surface area contributed by atoms with Gasteiger partial charge < -0.3 is 15.5 Å². The van der Waals surface area contributed by atoms with Crippen molar-refractivity contribution in [1.82, 2.24) is 14.9 Å². The predicted molar refractivity (Wildman–Crippen MR) is 114 cm³/mol. The number of nitrogens with one attached hydrogen (secondary N) is 2. The van der Waals surface area contributed by atoms with E-state index in [2.05, 4.69) is 26.3 Å². The molecular weight excluding hydrogens is 350 g/mol. The smallest absolute Gasteiger partial charge is 0.137 e. The van der Waals surface area contributed by atoms with Crippen LogP contribution in [0.2, 0.25) is 0 Å². The standard InChI is InChI=1S/C22H29N5O/c1-2-16(14-23)17-3-8-21-20(13-17)22(25-15-24-21)26-18-4-6-19(7-5-18)27-9-11-28-12-10-27/h2-3,8,13-15,18-19,23H,4-7,9-12H2,1H3,(H,24,25,26)/b16-2+,23-14?. The van der Waals surface area contributed by atoms with E-state index >= 15 is 0 Å². The second-order valence-corrected chi connectivity index (χ2v) is 7.64. The number of fused-ring (bicyclic) bond motifs is 1. The highest BCUT2D eigenvalue weighted by Crippen LogP contribution is 2.29. The van der Waals surface area contributed by atoms with E-state index in [4.69, 9.17) is 10.1 Å². The summed E-state index contributed by atoms with van der Waals surface area (Å²) in [5.74, 6) is 0.905. The minimum Gasteiger partial charge on any atom is -0.379 e. The van der Waals surface area contributed by atoms with E-state index in [1.165, 1.54) is 19.1 Å². The van der Waals surface area contributed by atoms with Crippen molar-refractivity contribution in [2.75, 3.05) is 31.6 Å². The lowest BCUT2D eigenvalue weighted by atomic mass is 9.90. The van der Waals surface area contributed by atoms with Crippen LogP contribution < -0.4 is 5.32 Å². The summed E-state index contributed by atoms with van der Waals surface area (Å²) in [5, 5.41) is 12.3. The summed E-state index contributed by atoms with van der Waals surface area (Å²) < 4.78 is 5.49. The van der Waals surface area contributed by atoms with Crippen LogP contribution in [0, 0.1) is 5.41 Å². The molecule has 2 fully saturated rings. The number of hydrogen-bond donors (Lipinski definition) is 2. The van der Waals surface area contributed by atoms with Gasteiger partial charge in [-0.05, 0) is 55.9 Å². The third-order valence-corrected chi connectivity index (χ3v) is 6.03. The van der Waals surface area contributed by atoms with E-state index in [-0.39, 0.29) is 0 Å². The molecule has 0 atom stereocenters. The van der Waals surface area contributed by atoms with Crippen molar-refractivity contribution in [3.05, 3.63) is 36.2 Å². The summed E-state index contributed by atoms with van der Waals surface area (Å²) in [7, 11) is 0. The van der Waals surface area contributed by atoms with E-state index in [0.29, 0.717) is 12.1 Å². The monoisotopic (exact) mass is 379 g/mol. The highest BCUT2D eigenvalue weighted by Gasteiger charge is 2.27. The second-order valence-electron chi connectivity index (χ2n) is 7.64. The summed E-state index contributed by atoms with van der Waals surface area (Å²) in [6.45, 7) is 5.84. The lowest BCUT2D eigenvalue weighted by Crippen LogP contribution is -2.46. The third kappa shape index (κ3) is 4.08. The first-order valence-corrected chi connectivity index (χ1v) is 10.3. The molecule has 1 saturated heterocycles. The highest BCUT2D eigenvalue weighted by molar-refractivity contribution is 6.09. The second kappa shape index (κ2) is 8.80. The van der Waals surface area contributed by atoms with Gasteiger partial charge in [-0.1, -0.05) is 12.1 Å². The van der Waals surface area contributed by atoms with Gasteiger partial charge in [0.1, 0.15) is 12.1 Å². The minimum absolute atomic E-state index is 0.447. The van der Waals surface area contributed by atoms with Gasteiger partial charge in [-0.2, -0.15) is 0 Å². The van der Waals surface area contributed by atoms with Crippen LogP contribution in [0.15, 0.2) is 30.6 Å². The fourth-order valence-corrected chi connectivity index (χ4v) is 4.41. The van der Waals surface area contributed by atoms with Crippen LogP contribution in [-0.2, 0) is 4.74 Å². The van der Waals surface area contributed by atoms with Crippen LogP contribution >= 0.6 is 0 Å². The Labute approximate surface area is 166 Å². The van der Waals surface area contributed by atoms with Gasteiger partial charge in [-0.3, -0.25) is 4.90 Å². The minimum atomic E-state index is 0.447. The topological polar surface area (TPSA) is 74.1 Å². The number of allylic oxidation sites excluding steroid dienone is 2. The summed E-state index contributed by atoms with van der Waals surface area (Å²) >= 11 is 0. The molecule has 0 spiro atoms. The van der Waals surface area contributed by atoms with Crippen LogP contribution in [0.4, 0.5) is 5.82 Å². The van der Waals surface area contributed by atoms with Gasteiger partial charge in [-0.15, -0.1) is 0 Å². The van der Waals surface area contributed by atoms with Gasteiger partial charge in [-0.25, -0.2) is 9.97 Å². The summed E-state index contributed by atoms with van der Waals surface area (Å²) in [5.41, 5.74) is 2.87. The molecule has 4 rings (SSSR count). The van der Waals surface area contributed by atoms with E-state index in [0.717, 1.165) is 67.0 Å². The van der Waals surface area contributed by atoms with Crippen molar-refractivity contribution in [3.63, 3.8) is 0 Å². The van der Waals surface area contributed by atoms with Gasteiger partial charge >= 0.3 is 0 Å². The number of nitrogens with zero attached hydrogens (tertiary/aromatic N) is 3. The first-order chi connectivity index (χ1) is 13.8. The zero-order chi connectivity index (χ0) is 19.3. The van der Waals surface area contributed by atoms with Crippen molar-refractivity contribution in [3.8, 4) is 0 Å². The lowest BCUT2D eigenvalue weighted by Gasteiger charge is -2.39. The van der Waals surface area contributed by atoms with Crippen molar-refractivity contribution < 1.29 is 4.74 Å². The zero-order valence-corrected chi connectivity index (χ0v) is 16.5. The fraction of sp³-hybridized carbons (Fsp3) is 0.500. The van der Waals surface area contributed by atoms with Crippen LogP contribution in [0.5, 0.6) is 0 Å². The molecule has 6 heteroatoms. The quantitative estimate of drug-likeness (QED) is 0.774. The number of anilines is 1. The van der Waals surface area contributed by atoms with Gasteiger partial charge in [0.2, 0.25) is 0 Å². The molecule has 1 aromatic carbocycles. The van der Waals surface area contributed by atoms with E-state index < -0.39 is 0 Å². The Bertz CT molecular complexity index is 851. The van der Waals surface area contributed by atoms with Crippen LogP contribution in [0.25, 0.3) is 16.5 Å². The molecule has 0 radical (unpaired) electrons. The van der Waals surface area contributed by atoms with Gasteiger partial charge in [0, 0.05) is 36.8 Å². The Hall–Kier alpha value is -2.31. The number of hydrogen-bond acceptors (Lipinski definition) is 6. The van der Waals surface area contributed by atoms with Crippen LogP contribution in [0.1, 0.15) is 38.2 Å². The number of aromatic nitrogens is 2. The molecule has 6 nitrogen and oxygen atoms in total. The molecular formula is C22H29N5O. The fourth-order valence-electron chi connectivity index (χ4n) is 4.41. The first-order valence-electron chi connectivity index (χ1n) is 10.3. The van der Waals surface area contributed by atoms with Crippen molar-refractivity contribution >= 4 is 28.5 Å². The maximum absolute atomic E-state index is 7.62. The van der Waals surface area contributed by atoms with E-state index in [1.54, 1.807) is 6.33 Å². The molecule has 2 aliphatic rings. The average Bonchev–Trinajstić information content (AvgIpc) is 2.76. The maximum Gasteiger partial charge on any atom is 0.137 e. The molecule has 1 aliphatic carbocycles. The SMILES string of the molecule is C/C=C(\C=N)c1ccc2ncnc(NC3CCC(N4CCOCC4)CC3)c2c1. The Balaban J connectivity index is 1.47. The third-order valence-electron chi connectivity index (χ3n) is 6.03. The Kier molecular flexibility index (Phi) is 5.98. The van der Waals surface area contributed by atoms with Gasteiger partial charge in [0.15, 0.2) is 0 Å².